The van der Waals surface area contributed by atoms with Crippen molar-refractivity contribution < 1.29 is 15.1 Å². The minimum atomic E-state index is -0.960. The fourth-order valence-corrected chi connectivity index (χ4v) is 3.32. The average molecular weight is 269 g/mol. The standard InChI is InChI=1S/C13H23N3O3/c1-3-13(2,11(14)15-19)12(18)16-8-4-5-9(16)7-10(17)6-8/h8-10,17,19H,3-7H2,1-2H3,(H2,14,15). The van der Waals surface area contributed by atoms with E-state index in [1.54, 1.807) is 6.92 Å². The SMILES string of the molecule is CCC(C)(C(=O)N1C2CCC1CC(O)C2)C(N)=NO. The molecule has 3 atom stereocenters. The van der Waals surface area contributed by atoms with E-state index in [4.69, 9.17) is 10.9 Å². The number of carbonyl (C=O) groups is 1. The first-order valence-corrected chi connectivity index (χ1v) is 6.92. The lowest BCUT2D eigenvalue weighted by Crippen LogP contribution is -2.56. The molecule has 2 saturated heterocycles. The number of oxime groups is 1. The first-order valence-electron chi connectivity index (χ1n) is 6.92. The number of amides is 1. The van der Waals surface area contributed by atoms with Crippen LogP contribution >= 0.6 is 0 Å². The minimum absolute atomic E-state index is 0.0366. The molecule has 2 rings (SSSR count). The molecule has 0 aliphatic carbocycles. The molecule has 6 nitrogen and oxygen atoms in total. The van der Waals surface area contributed by atoms with Crippen LogP contribution in [0, 0.1) is 5.41 Å². The third-order valence-corrected chi connectivity index (χ3v) is 4.79. The Kier molecular flexibility index (Phi) is 3.71. The molecule has 0 aromatic heterocycles. The largest absolute Gasteiger partial charge is 0.409 e. The molecule has 2 bridgehead atoms. The maximum absolute atomic E-state index is 12.8. The highest BCUT2D eigenvalue weighted by Crippen LogP contribution is 2.39. The molecule has 19 heavy (non-hydrogen) atoms. The third-order valence-electron chi connectivity index (χ3n) is 4.79. The summed E-state index contributed by atoms with van der Waals surface area (Å²) in [7, 11) is 0. The Morgan fingerprint density at radius 1 is 1.42 bits per heavy atom. The summed E-state index contributed by atoms with van der Waals surface area (Å²) in [6, 6.07) is 0.192. The van der Waals surface area contributed by atoms with Gasteiger partial charge in [-0.15, -0.1) is 0 Å². The van der Waals surface area contributed by atoms with Crippen LogP contribution in [0.3, 0.4) is 0 Å². The van der Waals surface area contributed by atoms with Gasteiger partial charge in [-0.05, 0) is 39.0 Å². The van der Waals surface area contributed by atoms with Gasteiger partial charge in [0.05, 0.1) is 6.10 Å². The minimum Gasteiger partial charge on any atom is -0.409 e. The van der Waals surface area contributed by atoms with E-state index in [2.05, 4.69) is 5.16 Å². The first kappa shape index (κ1) is 14.1. The number of hydrogen-bond acceptors (Lipinski definition) is 4. The summed E-state index contributed by atoms with van der Waals surface area (Å²) >= 11 is 0. The Morgan fingerprint density at radius 3 is 2.37 bits per heavy atom. The number of rotatable bonds is 3. The van der Waals surface area contributed by atoms with Gasteiger partial charge in [0.15, 0.2) is 5.84 Å². The summed E-state index contributed by atoms with van der Waals surface area (Å²) in [6.07, 6.45) is 3.32. The average Bonchev–Trinajstić information content (AvgIpc) is 2.67. The lowest BCUT2D eigenvalue weighted by Gasteiger charge is -2.41. The molecule has 3 unspecified atom stereocenters. The summed E-state index contributed by atoms with van der Waals surface area (Å²) in [4.78, 5) is 14.7. The predicted octanol–water partition coefficient (Wildman–Crippen LogP) is 0.663. The van der Waals surface area contributed by atoms with Crippen LogP contribution in [-0.4, -0.2) is 45.1 Å². The van der Waals surface area contributed by atoms with Gasteiger partial charge in [0.25, 0.3) is 0 Å². The zero-order valence-electron chi connectivity index (χ0n) is 11.5. The van der Waals surface area contributed by atoms with Crippen LogP contribution in [0.5, 0.6) is 0 Å². The van der Waals surface area contributed by atoms with Gasteiger partial charge in [0.1, 0.15) is 5.41 Å². The van der Waals surface area contributed by atoms with Crippen molar-refractivity contribution >= 4 is 11.7 Å². The van der Waals surface area contributed by atoms with Crippen LogP contribution in [0.1, 0.15) is 46.0 Å². The first-order chi connectivity index (χ1) is 8.93. The van der Waals surface area contributed by atoms with Crippen LogP contribution < -0.4 is 5.73 Å². The van der Waals surface area contributed by atoms with Crippen LogP contribution in [0.4, 0.5) is 0 Å². The van der Waals surface area contributed by atoms with Crippen molar-refractivity contribution in [2.75, 3.05) is 0 Å². The second kappa shape index (κ2) is 5.00. The second-order valence-corrected chi connectivity index (χ2v) is 5.89. The van der Waals surface area contributed by atoms with Gasteiger partial charge in [-0.1, -0.05) is 12.1 Å². The lowest BCUT2D eigenvalue weighted by atomic mass is 9.83. The second-order valence-electron chi connectivity index (χ2n) is 5.89. The van der Waals surface area contributed by atoms with Gasteiger partial charge in [-0.3, -0.25) is 4.79 Å². The molecule has 4 N–H and O–H groups in total. The monoisotopic (exact) mass is 269 g/mol. The van der Waals surface area contributed by atoms with Crippen molar-refractivity contribution in [1.82, 2.24) is 4.90 Å². The van der Waals surface area contributed by atoms with Gasteiger partial charge in [0, 0.05) is 12.1 Å². The number of nitrogens with two attached hydrogens (primary N) is 1. The molecular formula is C13H23N3O3. The fraction of sp³-hybridized carbons (Fsp3) is 0.846. The van der Waals surface area contributed by atoms with Crippen molar-refractivity contribution in [3.05, 3.63) is 0 Å². The van der Waals surface area contributed by atoms with Gasteiger partial charge in [0.2, 0.25) is 5.91 Å². The molecule has 0 aromatic rings. The number of aliphatic hydroxyl groups is 1. The summed E-state index contributed by atoms with van der Waals surface area (Å²) < 4.78 is 0. The van der Waals surface area contributed by atoms with Crippen molar-refractivity contribution in [3.63, 3.8) is 0 Å². The summed E-state index contributed by atoms with van der Waals surface area (Å²) in [6.45, 7) is 3.57. The number of piperidine rings is 1. The Balaban J connectivity index is 2.25. The number of hydrogen-bond donors (Lipinski definition) is 3. The van der Waals surface area contributed by atoms with E-state index in [1.165, 1.54) is 0 Å². The molecule has 1 amide bonds. The molecule has 2 aliphatic rings. The Labute approximate surface area is 113 Å². The van der Waals surface area contributed by atoms with Gasteiger partial charge in [-0.2, -0.15) is 0 Å². The molecule has 2 heterocycles. The van der Waals surface area contributed by atoms with E-state index >= 15 is 0 Å². The van der Waals surface area contributed by atoms with E-state index in [0.29, 0.717) is 19.3 Å². The van der Waals surface area contributed by atoms with Crippen LogP contribution in [0.2, 0.25) is 0 Å². The van der Waals surface area contributed by atoms with Crippen molar-refractivity contribution in [2.45, 2.75) is 64.1 Å². The number of fused-ring (bicyclic) bond motifs is 2. The van der Waals surface area contributed by atoms with E-state index in [0.717, 1.165) is 12.8 Å². The molecule has 0 radical (unpaired) electrons. The van der Waals surface area contributed by atoms with E-state index < -0.39 is 5.41 Å². The normalized spacial score (nSPS) is 34.2. The Hall–Kier alpha value is -1.30. The topological polar surface area (TPSA) is 99.2 Å². The Morgan fingerprint density at radius 2 is 1.95 bits per heavy atom. The van der Waals surface area contributed by atoms with E-state index in [1.807, 2.05) is 11.8 Å². The molecule has 0 aromatic carbocycles. The third kappa shape index (κ3) is 2.18. The van der Waals surface area contributed by atoms with Crippen molar-refractivity contribution in [2.24, 2.45) is 16.3 Å². The zero-order valence-corrected chi connectivity index (χ0v) is 11.5. The van der Waals surface area contributed by atoms with Gasteiger partial charge in [-0.25, -0.2) is 0 Å². The highest BCUT2D eigenvalue weighted by Gasteiger charge is 2.49. The maximum Gasteiger partial charge on any atom is 0.236 e. The summed E-state index contributed by atoms with van der Waals surface area (Å²) in [5.74, 6) is -0.116. The fourth-order valence-electron chi connectivity index (χ4n) is 3.32. The van der Waals surface area contributed by atoms with Crippen LogP contribution in [-0.2, 0) is 4.79 Å². The number of carbonyl (C=O) groups excluding carboxylic acids is 1. The molecule has 6 heteroatoms. The summed E-state index contributed by atoms with van der Waals surface area (Å²) in [5.41, 5.74) is 4.75. The van der Waals surface area contributed by atoms with Gasteiger partial charge < -0.3 is 20.9 Å². The van der Waals surface area contributed by atoms with Crippen LogP contribution in [0.15, 0.2) is 5.16 Å². The number of amidine groups is 1. The zero-order chi connectivity index (χ0) is 14.2. The number of aliphatic hydroxyl groups excluding tert-OH is 1. The van der Waals surface area contributed by atoms with Crippen LogP contribution in [0.25, 0.3) is 0 Å². The molecule has 2 aliphatic heterocycles. The molecule has 0 spiro atoms. The van der Waals surface area contributed by atoms with Crippen molar-refractivity contribution in [1.29, 1.82) is 0 Å². The molecule has 108 valence electrons. The van der Waals surface area contributed by atoms with Gasteiger partial charge >= 0.3 is 0 Å². The summed E-state index contributed by atoms with van der Waals surface area (Å²) in [5, 5.41) is 21.7. The molecular weight excluding hydrogens is 246 g/mol. The molecule has 2 fully saturated rings. The maximum atomic E-state index is 12.8. The predicted molar refractivity (Wildman–Crippen MR) is 70.7 cm³/mol. The number of nitrogens with zero attached hydrogens (tertiary/aromatic N) is 2. The quantitative estimate of drug-likeness (QED) is 0.303. The van der Waals surface area contributed by atoms with E-state index in [9.17, 15) is 9.90 Å². The highest BCUT2D eigenvalue weighted by molar-refractivity contribution is 6.06. The lowest BCUT2D eigenvalue weighted by molar-refractivity contribution is -0.144. The smallest absolute Gasteiger partial charge is 0.236 e. The highest BCUT2D eigenvalue weighted by atomic mass is 16.4. The van der Waals surface area contributed by atoms with E-state index in [-0.39, 0.29) is 29.9 Å². The Bertz CT molecular complexity index is 385. The molecule has 0 saturated carbocycles. The van der Waals surface area contributed by atoms with Crippen molar-refractivity contribution in [3.8, 4) is 0 Å².